The molecule has 126 valence electrons. The zero-order valence-corrected chi connectivity index (χ0v) is 14.2. The molecule has 3 aromatic rings. The first-order chi connectivity index (χ1) is 12.0. The van der Waals surface area contributed by atoms with Crippen LogP contribution in [0.2, 0.25) is 0 Å². The van der Waals surface area contributed by atoms with Crippen LogP contribution >= 0.6 is 0 Å². The van der Waals surface area contributed by atoms with E-state index in [0.717, 1.165) is 22.2 Å². The van der Waals surface area contributed by atoms with Crippen molar-refractivity contribution in [1.82, 2.24) is 4.98 Å². The second-order valence-corrected chi connectivity index (χ2v) is 6.21. The monoisotopic (exact) mass is 332 g/mol. The molecule has 0 radical (unpaired) electrons. The summed E-state index contributed by atoms with van der Waals surface area (Å²) in [5, 5.41) is 3.80. The van der Waals surface area contributed by atoms with Crippen molar-refractivity contribution in [2.75, 3.05) is 5.32 Å². The van der Waals surface area contributed by atoms with Gasteiger partial charge in [-0.05, 0) is 41.1 Å². The lowest BCUT2D eigenvalue weighted by Crippen LogP contribution is -2.12. The number of carbonyl (C=O) groups excluding carboxylic acids is 1. The van der Waals surface area contributed by atoms with Crippen molar-refractivity contribution in [3.63, 3.8) is 0 Å². The maximum Gasteiger partial charge on any atom is 0.255 e. The Bertz CT molecular complexity index is 1000. The summed E-state index contributed by atoms with van der Waals surface area (Å²) >= 11 is 0. The predicted molar refractivity (Wildman–Crippen MR) is 103 cm³/mol. The van der Waals surface area contributed by atoms with Gasteiger partial charge < -0.3 is 10.3 Å². The molecule has 0 aliphatic carbocycles. The van der Waals surface area contributed by atoms with Crippen LogP contribution in [-0.2, 0) is 4.79 Å². The van der Waals surface area contributed by atoms with E-state index in [2.05, 4.69) is 24.1 Å². The molecule has 1 amide bonds. The number of carbonyl (C=O) groups is 1. The van der Waals surface area contributed by atoms with E-state index < -0.39 is 0 Å². The Balaban J connectivity index is 1.82. The standard InChI is InChI=1S/C21H20N2O2/c1-14(2)17-8-4-6-10-19(17)22-20(24)12-11-16-13-15-7-3-5-9-18(15)23-21(16)25/h3-14H,1-2H3,(H,22,24)(H,23,25)/b12-11+. The van der Waals surface area contributed by atoms with E-state index in [0.29, 0.717) is 11.5 Å². The van der Waals surface area contributed by atoms with Crippen LogP contribution in [0.25, 0.3) is 17.0 Å². The summed E-state index contributed by atoms with van der Waals surface area (Å²) in [6.07, 6.45) is 2.93. The van der Waals surface area contributed by atoms with Gasteiger partial charge in [-0.1, -0.05) is 50.2 Å². The number of aromatic amines is 1. The van der Waals surface area contributed by atoms with Gasteiger partial charge >= 0.3 is 0 Å². The van der Waals surface area contributed by atoms with E-state index in [1.165, 1.54) is 6.08 Å². The van der Waals surface area contributed by atoms with Crippen LogP contribution < -0.4 is 10.9 Å². The highest BCUT2D eigenvalue weighted by Crippen LogP contribution is 2.23. The van der Waals surface area contributed by atoms with Crippen molar-refractivity contribution >= 4 is 28.6 Å². The number of nitrogens with one attached hydrogen (secondary N) is 2. The maximum atomic E-state index is 12.2. The molecule has 0 aliphatic rings. The minimum Gasteiger partial charge on any atom is -0.322 e. The van der Waals surface area contributed by atoms with Crippen LogP contribution in [0, 0.1) is 0 Å². The van der Waals surface area contributed by atoms with E-state index in [1.54, 1.807) is 12.1 Å². The lowest BCUT2D eigenvalue weighted by Gasteiger charge is -2.12. The molecule has 4 nitrogen and oxygen atoms in total. The predicted octanol–water partition coefficient (Wildman–Crippen LogP) is 4.30. The van der Waals surface area contributed by atoms with Crippen LogP contribution in [0.1, 0.15) is 30.9 Å². The van der Waals surface area contributed by atoms with Crippen molar-refractivity contribution in [2.45, 2.75) is 19.8 Å². The third-order valence-corrected chi connectivity index (χ3v) is 4.04. The number of benzene rings is 2. The van der Waals surface area contributed by atoms with Crippen molar-refractivity contribution < 1.29 is 4.79 Å². The normalized spacial score (nSPS) is 11.3. The summed E-state index contributed by atoms with van der Waals surface area (Å²) in [5.74, 6) is 0.0458. The third kappa shape index (κ3) is 3.86. The number of aromatic nitrogens is 1. The molecule has 0 atom stereocenters. The van der Waals surface area contributed by atoms with Gasteiger partial charge in [0.25, 0.3) is 5.56 Å². The molecule has 0 aliphatic heterocycles. The van der Waals surface area contributed by atoms with E-state index in [4.69, 9.17) is 0 Å². The Morgan fingerprint density at radius 3 is 2.60 bits per heavy atom. The van der Waals surface area contributed by atoms with Crippen LogP contribution in [0.4, 0.5) is 5.69 Å². The molecule has 0 unspecified atom stereocenters. The highest BCUT2D eigenvalue weighted by Gasteiger charge is 2.07. The van der Waals surface area contributed by atoms with Crippen LogP contribution in [-0.4, -0.2) is 10.9 Å². The number of hydrogen-bond donors (Lipinski definition) is 2. The smallest absolute Gasteiger partial charge is 0.255 e. The minimum absolute atomic E-state index is 0.217. The summed E-state index contributed by atoms with van der Waals surface area (Å²) in [6.45, 7) is 4.16. The van der Waals surface area contributed by atoms with Crippen LogP contribution in [0.5, 0.6) is 0 Å². The molecule has 0 bridgehead atoms. The Kier molecular flexibility index (Phi) is 4.80. The zero-order valence-electron chi connectivity index (χ0n) is 14.2. The number of para-hydroxylation sites is 2. The Hall–Kier alpha value is -3.14. The van der Waals surface area contributed by atoms with E-state index in [-0.39, 0.29) is 11.5 Å². The lowest BCUT2D eigenvalue weighted by atomic mass is 10.0. The van der Waals surface area contributed by atoms with Crippen LogP contribution in [0.15, 0.2) is 65.5 Å². The number of H-pyrrole nitrogens is 1. The average Bonchev–Trinajstić information content (AvgIpc) is 2.60. The van der Waals surface area contributed by atoms with Gasteiger partial charge in [0.05, 0.1) is 0 Å². The quantitative estimate of drug-likeness (QED) is 0.700. The molecule has 2 N–H and O–H groups in total. The molecule has 2 aromatic carbocycles. The van der Waals surface area contributed by atoms with Crippen molar-refractivity contribution in [3.8, 4) is 0 Å². The van der Waals surface area contributed by atoms with Crippen molar-refractivity contribution in [1.29, 1.82) is 0 Å². The molecule has 4 heteroatoms. The Morgan fingerprint density at radius 1 is 1.08 bits per heavy atom. The average molecular weight is 332 g/mol. The first-order valence-corrected chi connectivity index (χ1v) is 8.24. The summed E-state index contributed by atoms with van der Waals surface area (Å²) < 4.78 is 0. The molecule has 0 saturated carbocycles. The molecular weight excluding hydrogens is 312 g/mol. The van der Waals surface area contributed by atoms with Gasteiger partial charge in [0.15, 0.2) is 0 Å². The summed E-state index contributed by atoms with van der Waals surface area (Å²) in [7, 11) is 0. The lowest BCUT2D eigenvalue weighted by molar-refractivity contribution is -0.111. The molecule has 1 heterocycles. The van der Waals surface area contributed by atoms with Crippen LogP contribution in [0.3, 0.4) is 0 Å². The van der Waals surface area contributed by atoms with Gasteiger partial charge in [0.2, 0.25) is 5.91 Å². The number of pyridine rings is 1. The van der Waals surface area contributed by atoms with Crippen molar-refractivity contribution in [2.24, 2.45) is 0 Å². The zero-order chi connectivity index (χ0) is 17.8. The number of rotatable bonds is 4. The maximum absolute atomic E-state index is 12.2. The molecule has 1 aromatic heterocycles. The van der Waals surface area contributed by atoms with E-state index >= 15 is 0 Å². The highest BCUT2D eigenvalue weighted by atomic mass is 16.1. The minimum atomic E-state index is -0.263. The molecule has 0 saturated heterocycles. The summed E-state index contributed by atoms with van der Waals surface area (Å²) in [5.41, 5.74) is 2.88. The number of hydrogen-bond acceptors (Lipinski definition) is 2. The largest absolute Gasteiger partial charge is 0.322 e. The number of anilines is 1. The second-order valence-electron chi connectivity index (χ2n) is 6.21. The van der Waals surface area contributed by atoms with E-state index in [9.17, 15) is 9.59 Å². The molecule has 3 rings (SSSR count). The first-order valence-electron chi connectivity index (χ1n) is 8.24. The molecule has 0 spiro atoms. The van der Waals surface area contributed by atoms with Gasteiger partial charge in [0.1, 0.15) is 0 Å². The molecule has 0 fully saturated rings. The fourth-order valence-corrected chi connectivity index (χ4v) is 2.74. The fourth-order valence-electron chi connectivity index (χ4n) is 2.74. The number of amides is 1. The summed E-state index contributed by atoms with van der Waals surface area (Å²) in [6, 6.07) is 17.0. The van der Waals surface area contributed by atoms with E-state index in [1.807, 2.05) is 48.5 Å². The SMILES string of the molecule is CC(C)c1ccccc1NC(=O)/C=C/c1cc2ccccc2[nH]c1=O. The topological polar surface area (TPSA) is 62.0 Å². The highest BCUT2D eigenvalue weighted by molar-refractivity contribution is 6.02. The third-order valence-electron chi connectivity index (χ3n) is 4.04. The van der Waals surface area contributed by atoms with Gasteiger partial charge in [-0.3, -0.25) is 9.59 Å². The van der Waals surface area contributed by atoms with Gasteiger partial charge in [-0.2, -0.15) is 0 Å². The second kappa shape index (κ2) is 7.18. The molecular formula is C21H20N2O2. The van der Waals surface area contributed by atoms with Gasteiger partial charge in [0, 0.05) is 22.8 Å². The Labute approximate surface area is 146 Å². The first kappa shape index (κ1) is 16.7. The fraction of sp³-hybridized carbons (Fsp3) is 0.143. The Morgan fingerprint density at radius 2 is 1.80 bits per heavy atom. The summed E-state index contributed by atoms with van der Waals surface area (Å²) in [4.78, 5) is 27.2. The number of fused-ring (bicyclic) bond motifs is 1. The van der Waals surface area contributed by atoms with Gasteiger partial charge in [-0.25, -0.2) is 0 Å². The van der Waals surface area contributed by atoms with Gasteiger partial charge in [-0.15, -0.1) is 0 Å². The van der Waals surface area contributed by atoms with Crippen molar-refractivity contribution in [3.05, 3.63) is 82.2 Å². The molecule has 25 heavy (non-hydrogen) atoms.